The van der Waals surface area contributed by atoms with Gasteiger partial charge in [0.25, 0.3) is 0 Å². The molecule has 2 heteroatoms. The standard InChI is InChI=1S/C19H26FN/c20-18-5-3-14(4-6-18)17(12-21-19-7-8-19)11-16-10-13-1-2-15(16)9-13/h3-6,13,15-17,19,21H,1-2,7-12H2. The molecule has 0 amide bonds. The number of benzene rings is 1. The maximum atomic E-state index is 13.2. The minimum Gasteiger partial charge on any atom is -0.313 e. The van der Waals surface area contributed by atoms with Crippen LogP contribution in [0.5, 0.6) is 0 Å². The van der Waals surface area contributed by atoms with Gasteiger partial charge < -0.3 is 5.32 Å². The molecule has 0 radical (unpaired) electrons. The Morgan fingerprint density at radius 2 is 1.86 bits per heavy atom. The van der Waals surface area contributed by atoms with Gasteiger partial charge in [-0.05, 0) is 79.9 Å². The van der Waals surface area contributed by atoms with Gasteiger partial charge in [0, 0.05) is 12.6 Å². The second-order valence-corrected chi connectivity index (χ2v) is 7.60. The fourth-order valence-electron chi connectivity index (χ4n) is 4.70. The summed E-state index contributed by atoms with van der Waals surface area (Å²) in [5.41, 5.74) is 1.33. The molecule has 0 spiro atoms. The summed E-state index contributed by atoms with van der Waals surface area (Å²) in [6.45, 7) is 1.07. The summed E-state index contributed by atoms with van der Waals surface area (Å²) in [5, 5.41) is 3.69. The lowest BCUT2D eigenvalue weighted by atomic mass is 9.80. The summed E-state index contributed by atoms with van der Waals surface area (Å²) >= 11 is 0. The van der Waals surface area contributed by atoms with Gasteiger partial charge in [-0.15, -0.1) is 0 Å². The Kier molecular flexibility index (Phi) is 3.74. The van der Waals surface area contributed by atoms with Crippen LogP contribution >= 0.6 is 0 Å². The van der Waals surface area contributed by atoms with Crippen molar-refractivity contribution in [2.24, 2.45) is 17.8 Å². The SMILES string of the molecule is Fc1ccc(C(CNC2CC2)CC2CC3CCC2C3)cc1. The molecule has 3 saturated carbocycles. The topological polar surface area (TPSA) is 12.0 Å². The molecule has 1 aromatic rings. The molecule has 0 saturated heterocycles. The zero-order valence-electron chi connectivity index (χ0n) is 12.7. The van der Waals surface area contributed by atoms with Crippen molar-refractivity contribution in [1.82, 2.24) is 5.32 Å². The molecule has 3 aliphatic rings. The average Bonchev–Trinajstić information content (AvgIpc) is 3.09. The molecule has 1 nitrogen and oxygen atoms in total. The molecular formula is C19H26FN. The van der Waals surface area contributed by atoms with Crippen LogP contribution in [0.3, 0.4) is 0 Å². The highest BCUT2D eigenvalue weighted by Gasteiger charge is 2.40. The molecule has 114 valence electrons. The third-order valence-electron chi connectivity index (χ3n) is 6.04. The normalized spacial score (nSPS) is 32.5. The Labute approximate surface area is 127 Å². The minimum absolute atomic E-state index is 0.118. The lowest BCUT2D eigenvalue weighted by Crippen LogP contribution is -2.26. The van der Waals surface area contributed by atoms with Crippen molar-refractivity contribution in [2.75, 3.05) is 6.54 Å². The molecule has 4 unspecified atom stereocenters. The Bertz CT molecular complexity index is 479. The van der Waals surface area contributed by atoms with Gasteiger partial charge in [-0.3, -0.25) is 0 Å². The first-order valence-corrected chi connectivity index (χ1v) is 8.77. The first-order chi connectivity index (χ1) is 10.3. The van der Waals surface area contributed by atoms with E-state index in [1.807, 2.05) is 12.1 Å². The molecule has 0 aromatic heterocycles. The first kappa shape index (κ1) is 13.8. The van der Waals surface area contributed by atoms with E-state index >= 15 is 0 Å². The van der Waals surface area contributed by atoms with E-state index in [1.54, 1.807) is 12.1 Å². The molecule has 1 N–H and O–H groups in total. The van der Waals surface area contributed by atoms with Crippen LogP contribution in [0, 0.1) is 23.6 Å². The van der Waals surface area contributed by atoms with E-state index < -0.39 is 0 Å². The second-order valence-electron chi connectivity index (χ2n) is 7.60. The quantitative estimate of drug-likeness (QED) is 0.813. The molecule has 3 aliphatic carbocycles. The Hall–Kier alpha value is -0.890. The fraction of sp³-hybridized carbons (Fsp3) is 0.684. The Morgan fingerprint density at radius 1 is 1.05 bits per heavy atom. The highest BCUT2D eigenvalue weighted by molar-refractivity contribution is 5.21. The van der Waals surface area contributed by atoms with Crippen molar-refractivity contribution in [3.05, 3.63) is 35.6 Å². The van der Waals surface area contributed by atoms with Gasteiger partial charge in [-0.1, -0.05) is 18.6 Å². The lowest BCUT2D eigenvalue weighted by Gasteiger charge is -2.27. The van der Waals surface area contributed by atoms with Gasteiger partial charge >= 0.3 is 0 Å². The third kappa shape index (κ3) is 3.15. The van der Waals surface area contributed by atoms with Crippen LogP contribution in [0.25, 0.3) is 0 Å². The molecule has 0 aliphatic heterocycles. The van der Waals surface area contributed by atoms with E-state index in [4.69, 9.17) is 0 Å². The molecule has 2 bridgehead atoms. The monoisotopic (exact) mass is 287 g/mol. The van der Waals surface area contributed by atoms with Crippen molar-refractivity contribution in [3.63, 3.8) is 0 Å². The van der Waals surface area contributed by atoms with Crippen LogP contribution < -0.4 is 5.32 Å². The number of hydrogen-bond acceptors (Lipinski definition) is 1. The highest BCUT2D eigenvalue weighted by atomic mass is 19.1. The lowest BCUT2D eigenvalue weighted by molar-refractivity contribution is 0.291. The minimum atomic E-state index is -0.118. The number of nitrogens with one attached hydrogen (secondary N) is 1. The Balaban J connectivity index is 1.44. The summed E-state index contributed by atoms with van der Waals surface area (Å²) < 4.78 is 13.2. The molecule has 4 atom stereocenters. The predicted octanol–water partition coefficient (Wildman–Crippen LogP) is 4.49. The summed E-state index contributed by atoms with van der Waals surface area (Å²) in [5.74, 6) is 3.37. The zero-order valence-corrected chi connectivity index (χ0v) is 12.7. The summed E-state index contributed by atoms with van der Waals surface area (Å²) in [4.78, 5) is 0. The average molecular weight is 287 g/mol. The number of rotatable bonds is 6. The number of fused-ring (bicyclic) bond motifs is 2. The third-order valence-corrected chi connectivity index (χ3v) is 6.04. The molecular weight excluding hydrogens is 261 g/mol. The van der Waals surface area contributed by atoms with E-state index in [9.17, 15) is 4.39 Å². The summed E-state index contributed by atoms with van der Waals surface area (Å²) in [6, 6.07) is 8.01. The van der Waals surface area contributed by atoms with Gasteiger partial charge in [0.05, 0.1) is 0 Å². The van der Waals surface area contributed by atoms with Crippen LogP contribution in [-0.4, -0.2) is 12.6 Å². The van der Waals surface area contributed by atoms with E-state index in [0.29, 0.717) is 5.92 Å². The largest absolute Gasteiger partial charge is 0.313 e. The van der Waals surface area contributed by atoms with Crippen molar-refractivity contribution in [1.29, 1.82) is 0 Å². The van der Waals surface area contributed by atoms with Gasteiger partial charge in [-0.25, -0.2) is 4.39 Å². The van der Waals surface area contributed by atoms with E-state index in [-0.39, 0.29) is 5.82 Å². The van der Waals surface area contributed by atoms with Crippen LogP contribution in [-0.2, 0) is 0 Å². The summed E-state index contributed by atoms with van der Waals surface area (Å²) in [7, 11) is 0. The van der Waals surface area contributed by atoms with E-state index in [2.05, 4.69) is 5.32 Å². The molecule has 1 aromatic carbocycles. The smallest absolute Gasteiger partial charge is 0.123 e. The van der Waals surface area contributed by atoms with Crippen molar-refractivity contribution >= 4 is 0 Å². The van der Waals surface area contributed by atoms with Gasteiger partial charge in [0.2, 0.25) is 0 Å². The van der Waals surface area contributed by atoms with Crippen LogP contribution in [0.15, 0.2) is 24.3 Å². The van der Waals surface area contributed by atoms with Crippen LogP contribution in [0.2, 0.25) is 0 Å². The number of halogens is 1. The maximum absolute atomic E-state index is 13.2. The van der Waals surface area contributed by atoms with Crippen molar-refractivity contribution in [2.45, 2.75) is 56.9 Å². The molecule has 4 rings (SSSR count). The molecule has 0 heterocycles. The number of hydrogen-bond donors (Lipinski definition) is 1. The maximum Gasteiger partial charge on any atom is 0.123 e. The van der Waals surface area contributed by atoms with Crippen molar-refractivity contribution in [3.8, 4) is 0 Å². The van der Waals surface area contributed by atoms with Crippen LogP contribution in [0.4, 0.5) is 4.39 Å². The zero-order chi connectivity index (χ0) is 14.2. The van der Waals surface area contributed by atoms with Crippen molar-refractivity contribution < 1.29 is 4.39 Å². The predicted molar refractivity (Wildman–Crippen MR) is 83.7 cm³/mol. The van der Waals surface area contributed by atoms with Gasteiger partial charge in [0.1, 0.15) is 5.82 Å². The first-order valence-electron chi connectivity index (χ1n) is 8.77. The highest BCUT2D eigenvalue weighted by Crippen LogP contribution is 2.51. The van der Waals surface area contributed by atoms with E-state index in [0.717, 1.165) is 30.3 Å². The summed E-state index contributed by atoms with van der Waals surface area (Å²) in [6.07, 6.45) is 9.84. The van der Waals surface area contributed by atoms with Crippen LogP contribution in [0.1, 0.15) is 56.4 Å². The molecule has 21 heavy (non-hydrogen) atoms. The fourth-order valence-corrected chi connectivity index (χ4v) is 4.70. The second kappa shape index (κ2) is 5.72. The van der Waals surface area contributed by atoms with Gasteiger partial charge in [-0.2, -0.15) is 0 Å². The van der Waals surface area contributed by atoms with E-state index in [1.165, 1.54) is 50.5 Å². The van der Waals surface area contributed by atoms with Gasteiger partial charge in [0.15, 0.2) is 0 Å². The molecule has 3 fully saturated rings. The Morgan fingerprint density at radius 3 is 2.48 bits per heavy atom.